The number of hydrogen-bond donors (Lipinski definition) is 1. The van der Waals surface area contributed by atoms with Gasteiger partial charge in [0.1, 0.15) is 6.10 Å². The van der Waals surface area contributed by atoms with Gasteiger partial charge in [0, 0.05) is 27.2 Å². The Hall–Kier alpha value is -0.610. The number of hydrogen-bond acceptors (Lipinski definition) is 3. The zero-order chi connectivity index (χ0) is 10.4. The van der Waals surface area contributed by atoms with Gasteiger partial charge in [-0.1, -0.05) is 13.8 Å². The molecule has 0 radical (unpaired) electrons. The predicted octanol–water partition coefficient (Wildman–Crippen LogP) is 0.0745. The Morgan fingerprint density at radius 2 is 2.08 bits per heavy atom. The highest BCUT2D eigenvalue weighted by atomic mass is 16.5. The van der Waals surface area contributed by atoms with Gasteiger partial charge in [-0.2, -0.15) is 0 Å². The van der Waals surface area contributed by atoms with Crippen LogP contribution in [0.25, 0.3) is 0 Å². The molecular formula is C9H20N2O2. The molecule has 0 aliphatic heterocycles. The SMILES string of the molecule is COC(CN)C(=O)N(C)CC(C)C. The van der Waals surface area contributed by atoms with E-state index in [0.717, 1.165) is 6.54 Å². The van der Waals surface area contributed by atoms with E-state index in [0.29, 0.717) is 5.92 Å². The lowest BCUT2D eigenvalue weighted by molar-refractivity contribution is -0.140. The summed E-state index contributed by atoms with van der Waals surface area (Å²) in [5.41, 5.74) is 5.38. The first-order chi connectivity index (χ1) is 6.02. The van der Waals surface area contributed by atoms with Crippen LogP contribution in [0.3, 0.4) is 0 Å². The van der Waals surface area contributed by atoms with Gasteiger partial charge in [-0.25, -0.2) is 0 Å². The number of rotatable bonds is 5. The highest BCUT2D eigenvalue weighted by molar-refractivity contribution is 5.80. The molecule has 0 spiro atoms. The summed E-state index contributed by atoms with van der Waals surface area (Å²) in [6.45, 7) is 5.10. The Balaban J connectivity index is 4.07. The smallest absolute Gasteiger partial charge is 0.252 e. The minimum Gasteiger partial charge on any atom is -0.370 e. The van der Waals surface area contributed by atoms with Crippen molar-refractivity contribution in [1.29, 1.82) is 0 Å². The molecule has 0 fully saturated rings. The summed E-state index contributed by atoms with van der Waals surface area (Å²) in [7, 11) is 3.27. The number of carbonyl (C=O) groups excluding carboxylic acids is 1. The molecule has 13 heavy (non-hydrogen) atoms. The lowest BCUT2D eigenvalue weighted by Crippen LogP contribution is -2.43. The number of methoxy groups -OCH3 is 1. The van der Waals surface area contributed by atoms with E-state index in [9.17, 15) is 4.79 Å². The number of amides is 1. The van der Waals surface area contributed by atoms with Crippen LogP contribution in [0.2, 0.25) is 0 Å². The van der Waals surface area contributed by atoms with E-state index < -0.39 is 6.10 Å². The maximum Gasteiger partial charge on any atom is 0.252 e. The predicted molar refractivity (Wildman–Crippen MR) is 52.3 cm³/mol. The molecule has 78 valence electrons. The van der Waals surface area contributed by atoms with E-state index in [2.05, 4.69) is 13.8 Å². The minimum atomic E-state index is -0.497. The summed E-state index contributed by atoms with van der Waals surface area (Å²) in [4.78, 5) is 13.2. The maximum absolute atomic E-state index is 11.6. The van der Waals surface area contributed by atoms with Crippen molar-refractivity contribution in [3.05, 3.63) is 0 Å². The zero-order valence-corrected chi connectivity index (χ0v) is 8.91. The van der Waals surface area contributed by atoms with Crippen LogP contribution in [0.1, 0.15) is 13.8 Å². The Kier molecular flexibility index (Phi) is 5.66. The summed E-state index contributed by atoms with van der Waals surface area (Å²) in [5.74, 6) is 0.419. The first-order valence-corrected chi connectivity index (χ1v) is 4.50. The molecular weight excluding hydrogens is 168 g/mol. The molecule has 1 amide bonds. The van der Waals surface area contributed by atoms with Crippen LogP contribution in [-0.4, -0.2) is 44.2 Å². The van der Waals surface area contributed by atoms with Crippen molar-refractivity contribution in [2.24, 2.45) is 11.7 Å². The molecule has 1 unspecified atom stereocenters. The Labute approximate surface area is 80.0 Å². The average Bonchev–Trinajstić information content (AvgIpc) is 2.05. The fraction of sp³-hybridized carbons (Fsp3) is 0.889. The summed E-state index contributed by atoms with van der Waals surface area (Å²) < 4.78 is 4.95. The van der Waals surface area contributed by atoms with Gasteiger partial charge in [0.05, 0.1) is 0 Å². The van der Waals surface area contributed by atoms with Crippen molar-refractivity contribution < 1.29 is 9.53 Å². The van der Waals surface area contributed by atoms with Crippen molar-refractivity contribution in [2.45, 2.75) is 20.0 Å². The Bertz CT molecular complexity index is 156. The second kappa shape index (κ2) is 5.94. The molecule has 4 heteroatoms. The normalized spacial score (nSPS) is 13.1. The molecule has 0 aromatic heterocycles. The molecule has 0 saturated carbocycles. The van der Waals surface area contributed by atoms with Crippen molar-refractivity contribution in [1.82, 2.24) is 4.90 Å². The third-order valence-electron chi connectivity index (χ3n) is 1.79. The standard InChI is InChI=1S/C9H20N2O2/c1-7(2)6-11(3)9(12)8(5-10)13-4/h7-8H,5-6,10H2,1-4H3. The first kappa shape index (κ1) is 12.4. The van der Waals surface area contributed by atoms with Gasteiger partial charge < -0.3 is 15.4 Å². The third kappa shape index (κ3) is 4.24. The van der Waals surface area contributed by atoms with Crippen LogP contribution < -0.4 is 5.73 Å². The highest BCUT2D eigenvalue weighted by Gasteiger charge is 2.20. The molecule has 0 aliphatic rings. The second-order valence-corrected chi connectivity index (χ2v) is 3.57. The lowest BCUT2D eigenvalue weighted by Gasteiger charge is -2.23. The van der Waals surface area contributed by atoms with E-state index in [1.54, 1.807) is 11.9 Å². The molecule has 0 aromatic rings. The summed E-state index contributed by atoms with van der Waals surface area (Å²) in [5, 5.41) is 0. The summed E-state index contributed by atoms with van der Waals surface area (Å²) in [6, 6.07) is 0. The van der Waals surface area contributed by atoms with Gasteiger partial charge in [0.15, 0.2) is 0 Å². The molecule has 0 saturated heterocycles. The molecule has 1 atom stereocenters. The molecule has 0 aliphatic carbocycles. The van der Waals surface area contributed by atoms with Crippen LogP contribution in [0.4, 0.5) is 0 Å². The summed E-state index contributed by atoms with van der Waals surface area (Å²) in [6.07, 6.45) is -0.497. The molecule has 4 nitrogen and oxygen atoms in total. The van der Waals surface area contributed by atoms with Gasteiger partial charge in [-0.15, -0.1) is 0 Å². The lowest BCUT2D eigenvalue weighted by atomic mass is 10.2. The quantitative estimate of drug-likeness (QED) is 0.664. The Morgan fingerprint density at radius 3 is 2.38 bits per heavy atom. The van der Waals surface area contributed by atoms with E-state index in [1.807, 2.05) is 0 Å². The topological polar surface area (TPSA) is 55.6 Å². The second-order valence-electron chi connectivity index (χ2n) is 3.57. The van der Waals surface area contributed by atoms with Crippen molar-refractivity contribution in [2.75, 3.05) is 27.2 Å². The number of carbonyl (C=O) groups is 1. The molecule has 2 N–H and O–H groups in total. The van der Waals surface area contributed by atoms with Crippen LogP contribution >= 0.6 is 0 Å². The first-order valence-electron chi connectivity index (χ1n) is 4.50. The molecule has 0 aromatic carbocycles. The number of likely N-dealkylation sites (N-methyl/N-ethyl adjacent to an activating group) is 1. The van der Waals surface area contributed by atoms with Crippen molar-refractivity contribution >= 4 is 5.91 Å². The molecule has 0 heterocycles. The van der Waals surface area contributed by atoms with E-state index >= 15 is 0 Å². The van der Waals surface area contributed by atoms with E-state index in [-0.39, 0.29) is 12.5 Å². The molecule has 0 rings (SSSR count). The Morgan fingerprint density at radius 1 is 1.54 bits per heavy atom. The monoisotopic (exact) mass is 188 g/mol. The van der Waals surface area contributed by atoms with Gasteiger partial charge in [-0.3, -0.25) is 4.79 Å². The largest absolute Gasteiger partial charge is 0.370 e. The third-order valence-corrected chi connectivity index (χ3v) is 1.79. The fourth-order valence-electron chi connectivity index (χ4n) is 1.18. The van der Waals surface area contributed by atoms with Crippen molar-refractivity contribution in [3.63, 3.8) is 0 Å². The number of nitrogens with zero attached hydrogens (tertiary/aromatic N) is 1. The van der Waals surface area contributed by atoms with Gasteiger partial charge in [-0.05, 0) is 5.92 Å². The summed E-state index contributed by atoms with van der Waals surface area (Å²) >= 11 is 0. The zero-order valence-electron chi connectivity index (χ0n) is 8.91. The van der Waals surface area contributed by atoms with Crippen molar-refractivity contribution in [3.8, 4) is 0 Å². The highest BCUT2D eigenvalue weighted by Crippen LogP contribution is 2.00. The van der Waals surface area contributed by atoms with Gasteiger partial charge in [0.2, 0.25) is 0 Å². The number of ether oxygens (including phenoxy) is 1. The maximum atomic E-state index is 11.6. The average molecular weight is 188 g/mol. The van der Waals surface area contributed by atoms with Gasteiger partial charge >= 0.3 is 0 Å². The van der Waals surface area contributed by atoms with E-state index in [1.165, 1.54) is 7.11 Å². The van der Waals surface area contributed by atoms with Crippen LogP contribution in [0.15, 0.2) is 0 Å². The van der Waals surface area contributed by atoms with Crippen LogP contribution in [-0.2, 0) is 9.53 Å². The van der Waals surface area contributed by atoms with Crippen LogP contribution in [0.5, 0.6) is 0 Å². The van der Waals surface area contributed by atoms with Crippen LogP contribution in [0, 0.1) is 5.92 Å². The minimum absolute atomic E-state index is 0.0429. The molecule has 0 bridgehead atoms. The number of nitrogens with two attached hydrogens (primary N) is 1. The van der Waals surface area contributed by atoms with Gasteiger partial charge in [0.25, 0.3) is 5.91 Å². The van der Waals surface area contributed by atoms with E-state index in [4.69, 9.17) is 10.5 Å². The fourth-order valence-corrected chi connectivity index (χ4v) is 1.18.